The Morgan fingerprint density at radius 2 is 1.74 bits per heavy atom. The van der Waals surface area contributed by atoms with E-state index in [0.29, 0.717) is 0 Å². The predicted octanol–water partition coefficient (Wildman–Crippen LogP) is 3.05. The zero-order chi connectivity index (χ0) is 14.5. The fourth-order valence-corrected chi connectivity index (χ4v) is 2.59. The Hall–Kier alpha value is -0.790. The molecule has 0 aliphatic carbocycles. The van der Waals surface area contributed by atoms with Crippen molar-refractivity contribution in [3.63, 3.8) is 0 Å². The summed E-state index contributed by atoms with van der Waals surface area (Å²) >= 11 is 5.57. The molecule has 0 heterocycles. The van der Waals surface area contributed by atoms with E-state index in [0.717, 1.165) is 5.56 Å². The van der Waals surface area contributed by atoms with Crippen LogP contribution in [0.2, 0.25) is 0 Å². The number of hydrogen-bond acceptors (Lipinski definition) is 2. The van der Waals surface area contributed by atoms with Crippen LogP contribution >= 0.6 is 11.6 Å². The average molecular weight is 316 g/mol. The summed E-state index contributed by atoms with van der Waals surface area (Å²) in [5, 5.41) is 0. The Labute approximate surface area is 114 Å². The summed E-state index contributed by atoms with van der Waals surface area (Å²) in [6, 6.07) is 5.84. The molecule has 8 heteroatoms. The Bertz CT molecular complexity index is 500. The smallest absolute Gasteiger partial charge is 0.211 e. The fourth-order valence-electron chi connectivity index (χ4n) is 1.34. The highest BCUT2D eigenvalue weighted by Crippen LogP contribution is 2.21. The predicted molar refractivity (Wildman–Crippen MR) is 66.5 cm³/mol. The highest BCUT2D eigenvalue weighted by Gasteiger charge is 2.26. The molecule has 0 aliphatic heterocycles. The number of rotatable bonds is 6. The van der Waals surface area contributed by atoms with Crippen LogP contribution in [0.15, 0.2) is 29.2 Å². The van der Waals surface area contributed by atoms with Crippen molar-refractivity contribution in [2.75, 3.05) is 6.54 Å². The van der Waals surface area contributed by atoms with Gasteiger partial charge in [0.05, 0.1) is 4.90 Å². The van der Waals surface area contributed by atoms with E-state index in [1.165, 1.54) is 12.1 Å². The maximum absolute atomic E-state index is 11.9. The quantitative estimate of drug-likeness (QED) is 0.648. The van der Waals surface area contributed by atoms with E-state index in [-0.39, 0.29) is 23.7 Å². The normalized spacial score (nSPS) is 12.6. The number of alkyl halides is 4. The van der Waals surface area contributed by atoms with Gasteiger partial charge in [0.25, 0.3) is 0 Å². The van der Waals surface area contributed by atoms with Crippen LogP contribution in [-0.2, 0) is 15.9 Å². The lowest BCUT2D eigenvalue weighted by molar-refractivity contribution is -0.135. The number of benzene rings is 1. The summed E-state index contributed by atoms with van der Waals surface area (Å²) in [5.41, 5.74) is 0.762. The highest BCUT2D eigenvalue weighted by atomic mass is 35.5. The summed E-state index contributed by atoms with van der Waals surface area (Å²) in [7, 11) is -3.76. The first-order valence-electron chi connectivity index (χ1n) is 5.46. The van der Waals surface area contributed by atoms with E-state index >= 15 is 0 Å². The van der Waals surface area contributed by atoms with Crippen molar-refractivity contribution in [3.8, 4) is 0 Å². The van der Waals surface area contributed by atoms with Gasteiger partial charge in [0.1, 0.15) is 0 Å². The van der Waals surface area contributed by atoms with Crippen molar-refractivity contribution in [2.45, 2.75) is 29.8 Å². The van der Waals surface area contributed by atoms with Crippen molar-refractivity contribution in [2.24, 2.45) is 0 Å². The first kappa shape index (κ1) is 16.3. The van der Waals surface area contributed by atoms with Crippen molar-refractivity contribution >= 4 is 21.6 Å². The minimum absolute atomic E-state index is 0.00775. The molecular weight excluding hydrogens is 303 g/mol. The van der Waals surface area contributed by atoms with Gasteiger partial charge in [-0.2, -0.15) is 13.2 Å². The van der Waals surface area contributed by atoms with Crippen LogP contribution in [-0.4, -0.2) is 21.1 Å². The average Bonchev–Trinajstić information content (AvgIpc) is 2.34. The Balaban J connectivity index is 2.56. The highest BCUT2D eigenvalue weighted by molar-refractivity contribution is 7.89. The van der Waals surface area contributed by atoms with E-state index in [1.54, 1.807) is 12.1 Å². The van der Waals surface area contributed by atoms with Gasteiger partial charge in [0.2, 0.25) is 10.0 Å². The second-order valence-electron chi connectivity index (χ2n) is 3.89. The molecular formula is C11H13ClF3NO2S. The standard InChI is InChI=1S/C11H13ClF3NO2S/c12-8-9-2-4-10(5-3-9)19(17,18)16-7-1-6-11(13,14)15/h2-5,16H,1,6-8H2. The van der Waals surface area contributed by atoms with Crippen LogP contribution in [0.1, 0.15) is 18.4 Å². The van der Waals surface area contributed by atoms with Crippen LogP contribution in [0, 0.1) is 0 Å². The van der Waals surface area contributed by atoms with Gasteiger partial charge < -0.3 is 0 Å². The number of halogens is 4. The molecule has 0 spiro atoms. The molecule has 0 atom stereocenters. The van der Waals surface area contributed by atoms with Crippen LogP contribution in [0.3, 0.4) is 0 Å². The SMILES string of the molecule is O=S(=O)(NCCCC(F)(F)F)c1ccc(CCl)cc1. The second-order valence-corrected chi connectivity index (χ2v) is 5.93. The Kier molecular flexibility index (Phi) is 5.64. The lowest BCUT2D eigenvalue weighted by Crippen LogP contribution is -2.25. The summed E-state index contributed by atoms with van der Waals surface area (Å²) in [6.45, 7) is -0.251. The van der Waals surface area contributed by atoms with Gasteiger partial charge in [0.15, 0.2) is 0 Å². The zero-order valence-electron chi connectivity index (χ0n) is 9.87. The van der Waals surface area contributed by atoms with Crippen molar-refractivity contribution < 1.29 is 21.6 Å². The number of sulfonamides is 1. The maximum atomic E-state index is 11.9. The summed E-state index contributed by atoms with van der Waals surface area (Å²) < 4.78 is 61.3. The summed E-state index contributed by atoms with van der Waals surface area (Å²) in [5.74, 6) is 0.263. The number of nitrogens with one attached hydrogen (secondary N) is 1. The molecule has 0 bridgehead atoms. The lowest BCUT2D eigenvalue weighted by Gasteiger charge is -2.08. The minimum atomic E-state index is -4.27. The van der Waals surface area contributed by atoms with Gasteiger partial charge in [0, 0.05) is 18.8 Å². The topological polar surface area (TPSA) is 46.2 Å². The van der Waals surface area contributed by atoms with Crippen LogP contribution in [0.4, 0.5) is 13.2 Å². The molecule has 0 aliphatic rings. The minimum Gasteiger partial charge on any atom is -0.211 e. The molecule has 19 heavy (non-hydrogen) atoms. The molecule has 0 saturated heterocycles. The molecule has 1 aromatic carbocycles. The van der Waals surface area contributed by atoms with E-state index in [1.807, 2.05) is 0 Å². The Morgan fingerprint density at radius 1 is 1.16 bits per heavy atom. The molecule has 0 unspecified atom stereocenters. The number of hydrogen-bond donors (Lipinski definition) is 1. The van der Waals surface area contributed by atoms with Gasteiger partial charge in [-0.3, -0.25) is 0 Å². The zero-order valence-corrected chi connectivity index (χ0v) is 11.4. The maximum Gasteiger partial charge on any atom is 0.389 e. The largest absolute Gasteiger partial charge is 0.389 e. The molecule has 1 rings (SSSR count). The first-order chi connectivity index (χ1) is 8.74. The summed E-state index contributed by atoms with van der Waals surface area (Å²) in [6.07, 6.45) is -5.57. The second kappa shape index (κ2) is 6.58. The van der Waals surface area contributed by atoms with Gasteiger partial charge in [-0.1, -0.05) is 12.1 Å². The first-order valence-corrected chi connectivity index (χ1v) is 7.48. The van der Waals surface area contributed by atoms with Crippen molar-refractivity contribution in [3.05, 3.63) is 29.8 Å². The van der Waals surface area contributed by atoms with Gasteiger partial charge >= 0.3 is 6.18 Å². The molecule has 3 nitrogen and oxygen atoms in total. The molecule has 1 N–H and O–H groups in total. The van der Waals surface area contributed by atoms with E-state index in [2.05, 4.69) is 4.72 Å². The van der Waals surface area contributed by atoms with Crippen LogP contribution in [0.5, 0.6) is 0 Å². The molecule has 1 aromatic rings. The molecule has 0 aromatic heterocycles. The third-order valence-electron chi connectivity index (χ3n) is 2.32. The monoisotopic (exact) mass is 315 g/mol. The van der Waals surface area contributed by atoms with Gasteiger partial charge in [-0.05, 0) is 24.1 Å². The van der Waals surface area contributed by atoms with Crippen molar-refractivity contribution in [1.82, 2.24) is 4.72 Å². The van der Waals surface area contributed by atoms with E-state index in [4.69, 9.17) is 11.6 Å². The molecule has 0 amide bonds. The fraction of sp³-hybridized carbons (Fsp3) is 0.455. The van der Waals surface area contributed by atoms with Crippen molar-refractivity contribution in [1.29, 1.82) is 0 Å². The third kappa shape index (κ3) is 5.80. The van der Waals surface area contributed by atoms with E-state index < -0.39 is 22.6 Å². The third-order valence-corrected chi connectivity index (χ3v) is 4.10. The van der Waals surface area contributed by atoms with Crippen LogP contribution < -0.4 is 4.72 Å². The molecule has 0 fully saturated rings. The lowest BCUT2D eigenvalue weighted by atomic mass is 10.2. The molecule has 108 valence electrons. The molecule has 0 radical (unpaired) electrons. The van der Waals surface area contributed by atoms with Crippen LogP contribution in [0.25, 0.3) is 0 Å². The van der Waals surface area contributed by atoms with E-state index in [9.17, 15) is 21.6 Å². The Morgan fingerprint density at radius 3 is 2.21 bits per heavy atom. The summed E-state index contributed by atoms with van der Waals surface area (Å²) in [4.78, 5) is 0.00775. The molecule has 0 saturated carbocycles. The van der Waals surface area contributed by atoms with Gasteiger partial charge in [-0.25, -0.2) is 13.1 Å². The van der Waals surface area contributed by atoms with Gasteiger partial charge in [-0.15, -0.1) is 11.6 Å².